The lowest BCUT2D eigenvalue weighted by Crippen LogP contribution is -2.27. The van der Waals surface area contributed by atoms with Crippen LogP contribution < -0.4 is 5.73 Å². The first-order chi connectivity index (χ1) is 8.09. The van der Waals surface area contributed by atoms with Crippen molar-refractivity contribution in [2.75, 3.05) is 13.2 Å². The SMILES string of the molecule is Cl.N[C@H](c1cc(F)cc(Br)c1O)C1CCOCC1. The van der Waals surface area contributed by atoms with Crippen LogP contribution in [0.5, 0.6) is 5.75 Å². The molecule has 0 amide bonds. The van der Waals surface area contributed by atoms with Crippen LogP contribution in [-0.4, -0.2) is 18.3 Å². The van der Waals surface area contributed by atoms with Crippen LogP contribution >= 0.6 is 28.3 Å². The minimum absolute atomic E-state index is 0. The van der Waals surface area contributed by atoms with Crippen molar-refractivity contribution in [2.24, 2.45) is 11.7 Å². The van der Waals surface area contributed by atoms with Crippen LogP contribution in [0.4, 0.5) is 4.39 Å². The first kappa shape index (κ1) is 15.7. The molecule has 3 nitrogen and oxygen atoms in total. The fourth-order valence-electron chi connectivity index (χ4n) is 2.17. The number of aromatic hydroxyl groups is 1. The van der Waals surface area contributed by atoms with Gasteiger partial charge in [-0.05, 0) is 46.8 Å². The van der Waals surface area contributed by atoms with Crippen molar-refractivity contribution in [2.45, 2.75) is 18.9 Å². The van der Waals surface area contributed by atoms with E-state index in [1.807, 2.05) is 0 Å². The monoisotopic (exact) mass is 339 g/mol. The molecule has 3 N–H and O–H groups in total. The molecule has 0 radical (unpaired) electrons. The van der Waals surface area contributed by atoms with Crippen LogP contribution in [0.25, 0.3) is 0 Å². The molecule has 1 fully saturated rings. The van der Waals surface area contributed by atoms with Crippen LogP contribution in [0.3, 0.4) is 0 Å². The van der Waals surface area contributed by atoms with E-state index >= 15 is 0 Å². The molecule has 102 valence electrons. The van der Waals surface area contributed by atoms with Crippen LogP contribution in [0.15, 0.2) is 16.6 Å². The molecular weight excluding hydrogens is 324 g/mol. The van der Waals surface area contributed by atoms with Gasteiger partial charge in [0.2, 0.25) is 0 Å². The van der Waals surface area contributed by atoms with Gasteiger partial charge in [-0.15, -0.1) is 12.4 Å². The Morgan fingerprint density at radius 1 is 1.39 bits per heavy atom. The molecule has 0 bridgehead atoms. The molecular formula is C12H16BrClFNO2. The van der Waals surface area contributed by atoms with E-state index in [-0.39, 0.29) is 30.1 Å². The lowest BCUT2D eigenvalue weighted by Gasteiger charge is -2.28. The third kappa shape index (κ3) is 3.35. The Morgan fingerprint density at radius 2 is 2.00 bits per heavy atom. The minimum atomic E-state index is -0.396. The maximum Gasteiger partial charge on any atom is 0.134 e. The van der Waals surface area contributed by atoms with Crippen molar-refractivity contribution >= 4 is 28.3 Å². The summed E-state index contributed by atoms with van der Waals surface area (Å²) in [5.74, 6) is -0.138. The van der Waals surface area contributed by atoms with Crippen LogP contribution in [0.1, 0.15) is 24.4 Å². The van der Waals surface area contributed by atoms with E-state index in [1.54, 1.807) is 0 Å². The topological polar surface area (TPSA) is 55.5 Å². The molecule has 2 rings (SSSR count). The van der Waals surface area contributed by atoms with Gasteiger partial charge < -0.3 is 15.6 Å². The summed E-state index contributed by atoms with van der Waals surface area (Å²) in [5.41, 5.74) is 6.57. The largest absolute Gasteiger partial charge is 0.506 e. The molecule has 0 spiro atoms. The molecule has 1 aliphatic rings. The summed E-state index contributed by atoms with van der Waals surface area (Å²) in [6.07, 6.45) is 1.68. The van der Waals surface area contributed by atoms with E-state index in [4.69, 9.17) is 10.5 Å². The standard InChI is InChI=1S/C12H15BrFNO2.ClH/c13-10-6-8(14)5-9(12(10)16)11(15)7-1-3-17-4-2-7;/h5-7,11,16H,1-4,15H2;1H/t11-;/m0./s1. The molecule has 1 aromatic rings. The maximum absolute atomic E-state index is 13.3. The van der Waals surface area contributed by atoms with Gasteiger partial charge in [0.1, 0.15) is 11.6 Å². The van der Waals surface area contributed by atoms with Gasteiger partial charge in [-0.25, -0.2) is 4.39 Å². The summed E-state index contributed by atoms with van der Waals surface area (Å²) in [4.78, 5) is 0. The van der Waals surface area contributed by atoms with Crippen molar-refractivity contribution < 1.29 is 14.2 Å². The van der Waals surface area contributed by atoms with Crippen LogP contribution in [-0.2, 0) is 4.74 Å². The molecule has 18 heavy (non-hydrogen) atoms. The second-order valence-corrected chi connectivity index (χ2v) is 5.16. The highest BCUT2D eigenvalue weighted by Crippen LogP contribution is 2.37. The zero-order valence-corrected chi connectivity index (χ0v) is 12.1. The smallest absolute Gasteiger partial charge is 0.134 e. The molecule has 0 saturated carbocycles. The van der Waals surface area contributed by atoms with Crippen LogP contribution in [0.2, 0.25) is 0 Å². The fraction of sp³-hybridized carbons (Fsp3) is 0.500. The number of hydrogen-bond donors (Lipinski definition) is 2. The average Bonchev–Trinajstić information content (AvgIpc) is 2.34. The minimum Gasteiger partial charge on any atom is -0.506 e. The third-order valence-electron chi connectivity index (χ3n) is 3.19. The Labute approximate surface area is 120 Å². The number of benzene rings is 1. The van der Waals surface area contributed by atoms with E-state index in [2.05, 4.69) is 15.9 Å². The van der Waals surface area contributed by atoms with Crippen molar-refractivity contribution in [3.63, 3.8) is 0 Å². The molecule has 1 atom stereocenters. The van der Waals surface area contributed by atoms with E-state index in [0.29, 0.717) is 23.2 Å². The zero-order chi connectivity index (χ0) is 12.4. The normalized spacial score (nSPS) is 18.2. The Morgan fingerprint density at radius 3 is 2.61 bits per heavy atom. The van der Waals surface area contributed by atoms with E-state index in [9.17, 15) is 9.50 Å². The first-order valence-corrected chi connectivity index (χ1v) is 6.40. The molecule has 1 aromatic carbocycles. The lowest BCUT2D eigenvalue weighted by molar-refractivity contribution is 0.0581. The van der Waals surface area contributed by atoms with Crippen LogP contribution in [0, 0.1) is 11.7 Å². The summed E-state index contributed by atoms with van der Waals surface area (Å²) in [5, 5.41) is 9.90. The summed E-state index contributed by atoms with van der Waals surface area (Å²) >= 11 is 3.12. The first-order valence-electron chi connectivity index (χ1n) is 5.61. The van der Waals surface area contributed by atoms with Gasteiger partial charge >= 0.3 is 0 Å². The van der Waals surface area contributed by atoms with E-state index in [1.165, 1.54) is 12.1 Å². The number of rotatable bonds is 2. The van der Waals surface area contributed by atoms with Gasteiger partial charge in [-0.1, -0.05) is 0 Å². The highest BCUT2D eigenvalue weighted by molar-refractivity contribution is 9.10. The van der Waals surface area contributed by atoms with Gasteiger partial charge in [0.25, 0.3) is 0 Å². The fourth-order valence-corrected chi connectivity index (χ4v) is 2.62. The summed E-state index contributed by atoms with van der Waals surface area (Å²) in [6.45, 7) is 1.35. The van der Waals surface area contributed by atoms with Gasteiger partial charge in [0.05, 0.1) is 4.47 Å². The predicted molar refractivity (Wildman–Crippen MR) is 73.5 cm³/mol. The number of hydrogen-bond acceptors (Lipinski definition) is 3. The highest BCUT2D eigenvalue weighted by atomic mass is 79.9. The van der Waals surface area contributed by atoms with E-state index in [0.717, 1.165) is 12.8 Å². The number of nitrogens with two attached hydrogens (primary N) is 1. The molecule has 1 saturated heterocycles. The summed E-state index contributed by atoms with van der Waals surface area (Å²) in [7, 11) is 0. The number of phenols is 1. The highest BCUT2D eigenvalue weighted by Gasteiger charge is 2.25. The Hall–Kier alpha value is -0.360. The Kier molecular flexibility index (Phi) is 5.85. The second-order valence-electron chi connectivity index (χ2n) is 4.30. The molecule has 0 unspecified atom stereocenters. The van der Waals surface area contributed by atoms with Crippen molar-refractivity contribution in [3.8, 4) is 5.75 Å². The molecule has 1 heterocycles. The molecule has 0 aromatic heterocycles. The van der Waals surface area contributed by atoms with E-state index < -0.39 is 5.82 Å². The van der Waals surface area contributed by atoms with Crippen molar-refractivity contribution in [1.82, 2.24) is 0 Å². The number of phenolic OH excluding ortho intramolecular Hbond substituents is 1. The number of ether oxygens (including phenoxy) is 1. The summed E-state index contributed by atoms with van der Waals surface area (Å²) in [6, 6.07) is 2.18. The maximum atomic E-state index is 13.3. The third-order valence-corrected chi connectivity index (χ3v) is 3.80. The van der Waals surface area contributed by atoms with Crippen molar-refractivity contribution in [3.05, 3.63) is 28.0 Å². The Balaban J connectivity index is 0.00000162. The second kappa shape index (κ2) is 6.70. The lowest BCUT2D eigenvalue weighted by atomic mass is 9.87. The average molecular weight is 341 g/mol. The quantitative estimate of drug-likeness (QED) is 0.869. The van der Waals surface area contributed by atoms with Gasteiger partial charge in [0, 0.05) is 24.8 Å². The zero-order valence-electron chi connectivity index (χ0n) is 9.73. The predicted octanol–water partition coefficient (Wildman–Crippen LogP) is 3.14. The molecule has 1 aliphatic heterocycles. The molecule has 6 heteroatoms. The van der Waals surface area contributed by atoms with Crippen molar-refractivity contribution in [1.29, 1.82) is 0 Å². The number of halogens is 3. The summed E-state index contributed by atoms with van der Waals surface area (Å²) < 4.78 is 18.9. The Bertz CT molecular complexity index is 413. The molecule has 0 aliphatic carbocycles. The van der Waals surface area contributed by atoms with Gasteiger partial charge in [0.15, 0.2) is 0 Å². The van der Waals surface area contributed by atoms with Gasteiger partial charge in [-0.2, -0.15) is 0 Å². The van der Waals surface area contributed by atoms with Gasteiger partial charge in [-0.3, -0.25) is 0 Å².